The molecule has 0 heterocycles. The lowest BCUT2D eigenvalue weighted by Crippen LogP contribution is -2.30. The molecule has 2 rings (SSSR count). The quantitative estimate of drug-likeness (QED) is 0.749. The van der Waals surface area contributed by atoms with E-state index in [1.807, 2.05) is 24.3 Å². The lowest BCUT2D eigenvalue weighted by molar-refractivity contribution is 0.475. The molecule has 0 spiro atoms. The smallest absolute Gasteiger partial charge is 0.170 e. The fourth-order valence-electron chi connectivity index (χ4n) is 1.72. The zero-order valence-electron chi connectivity index (χ0n) is 10.5. The van der Waals surface area contributed by atoms with E-state index in [-0.39, 0.29) is 5.75 Å². The van der Waals surface area contributed by atoms with Crippen LogP contribution in [0.5, 0.6) is 5.75 Å². The fraction of sp³-hybridized carbons (Fsp3) is 0.133. The van der Waals surface area contributed by atoms with Crippen molar-refractivity contribution in [2.24, 2.45) is 0 Å². The average Bonchev–Trinajstić information content (AvgIpc) is 2.40. The molecule has 0 bridgehead atoms. The van der Waals surface area contributed by atoms with Crippen molar-refractivity contribution in [3.63, 3.8) is 0 Å². The van der Waals surface area contributed by atoms with Gasteiger partial charge in [0, 0.05) is 18.3 Å². The van der Waals surface area contributed by atoms with Gasteiger partial charge in [-0.25, -0.2) is 0 Å². The first-order chi connectivity index (χ1) is 9.24. The number of phenols is 1. The lowest BCUT2D eigenvalue weighted by atomic mass is 10.1. The number of rotatable bonds is 4. The van der Waals surface area contributed by atoms with Crippen molar-refractivity contribution in [1.82, 2.24) is 5.32 Å². The van der Waals surface area contributed by atoms with Crippen LogP contribution < -0.4 is 10.6 Å². The number of phenolic OH excluding ortho intramolecular Hbond substituents is 1. The first-order valence-electron chi connectivity index (χ1n) is 6.12. The highest BCUT2D eigenvalue weighted by Crippen LogP contribution is 2.14. The molecule has 0 amide bonds. The standard InChI is InChI=1S/C15H16N2OS/c18-14-8-4-7-13(11-14)17-15(19)16-10-9-12-5-2-1-3-6-12/h1-8,11,18H,9-10H2,(H2,16,17,19). The molecule has 0 unspecified atom stereocenters. The summed E-state index contributed by atoms with van der Waals surface area (Å²) in [5.41, 5.74) is 2.05. The summed E-state index contributed by atoms with van der Waals surface area (Å²) in [6.45, 7) is 0.772. The maximum atomic E-state index is 9.35. The molecule has 4 heteroatoms. The number of hydrogen-bond acceptors (Lipinski definition) is 2. The minimum atomic E-state index is 0.220. The van der Waals surface area contributed by atoms with Crippen LogP contribution in [0, 0.1) is 0 Å². The zero-order chi connectivity index (χ0) is 13.5. The van der Waals surface area contributed by atoms with Gasteiger partial charge < -0.3 is 15.7 Å². The summed E-state index contributed by atoms with van der Waals surface area (Å²) in [6, 6.07) is 17.1. The highest BCUT2D eigenvalue weighted by Gasteiger charge is 1.98. The van der Waals surface area contributed by atoms with Gasteiger partial charge in [-0.3, -0.25) is 0 Å². The predicted octanol–water partition coefficient (Wildman–Crippen LogP) is 2.92. The molecule has 19 heavy (non-hydrogen) atoms. The van der Waals surface area contributed by atoms with Crippen molar-refractivity contribution < 1.29 is 5.11 Å². The second-order valence-corrected chi connectivity index (χ2v) is 4.58. The first kappa shape index (κ1) is 13.4. The molecule has 0 saturated carbocycles. The van der Waals surface area contributed by atoms with Gasteiger partial charge in [-0.05, 0) is 36.3 Å². The van der Waals surface area contributed by atoms with Gasteiger partial charge in [-0.1, -0.05) is 36.4 Å². The molecule has 98 valence electrons. The Kier molecular flexibility index (Phi) is 4.75. The third-order valence-electron chi connectivity index (χ3n) is 2.65. The Bertz CT molecular complexity index is 543. The fourth-order valence-corrected chi connectivity index (χ4v) is 1.94. The molecule has 0 aliphatic heterocycles. The normalized spacial score (nSPS) is 9.89. The van der Waals surface area contributed by atoms with E-state index in [2.05, 4.69) is 22.8 Å². The predicted molar refractivity (Wildman–Crippen MR) is 82.5 cm³/mol. The molecular weight excluding hydrogens is 256 g/mol. The summed E-state index contributed by atoms with van der Waals surface area (Å²) in [5, 5.41) is 16.1. The zero-order valence-corrected chi connectivity index (χ0v) is 11.3. The summed E-state index contributed by atoms with van der Waals surface area (Å²) in [6.07, 6.45) is 0.919. The SMILES string of the molecule is Oc1cccc(NC(=S)NCCc2ccccc2)c1. The Labute approximate surface area is 118 Å². The van der Waals surface area contributed by atoms with Crippen molar-refractivity contribution in [1.29, 1.82) is 0 Å². The number of anilines is 1. The van der Waals surface area contributed by atoms with Crippen LogP contribution in [0.2, 0.25) is 0 Å². The molecule has 0 aliphatic rings. The maximum absolute atomic E-state index is 9.35. The Morgan fingerprint density at radius 3 is 2.58 bits per heavy atom. The minimum absolute atomic E-state index is 0.220. The van der Waals surface area contributed by atoms with Crippen LogP contribution in [-0.4, -0.2) is 16.8 Å². The molecule has 2 aromatic carbocycles. The van der Waals surface area contributed by atoms with Gasteiger partial charge >= 0.3 is 0 Å². The molecule has 3 nitrogen and oxygen atoms in total. The topological polar surface area (TPSA) is 44.3 Å². The second kappa shape index (κ2) is 6.75. The second-order valence-electron chi connectivity index (χ2n) is 4.17. The number of hydrogen-bond donors (Lipinski definition) is 3. The molecule has 3 N–H and O–H groups in total. The van der Waals surface area contributed by atoms with Gasteiger partial charge in [-0.2, -0.15) is 0 Å². The van der Waals surface area contributed by atoms with Crippen LogP contribution in [0.1, 0.15) is 5.56 Å². The maximum Gasteiger partial charge on any atom is 0.170 e. The lowest BCUT2D eigenvalue weighted by Gasteiger charge is -2.10. The number of benzene rings is 2. The summed E-state index contributed by atoms with van der Waals surface area (Å²) < 4.78 is 0. The van der Waals surface area contributed by atoms with Crippen LogP contribution in [0.15, 0.2) is 54.6 Å². The van der Waals surface area contributed by atoms with Crippen LogP contribution in [0.3, 0.4) is 0 Å². The number of thiocarbonyl (C=S) groups is 1. The largest absolute Gasteiger partial charge is 0.508 e. The number of nitrogens with one attached hydrogen (secondary N) is 2. The molecule has 0 fully saturated rings. The Morgan fingerprint density at radius 1 is 1.05 bits per heavy atom. The Hall–Kier alpha value is -2.07. The van der Waals surface area contributed by atoms with Crippen molar-refractivity contribution >= 4 is 23.0 Å². The highest BCUT2D eigenvalue weighted by atomic mass is 32.1. The van der Waals surface area contributed by atoms with Crippen molar-refractivity contribution in [2.45, 2.75) is 6.42 Å². The van der Waals surface area contributed by atoms with E-state index < -0.39 is 0 Å². The summed E-state index contributed by atoms with van der Waals surface area (Å²) in [7, 11) is 0. The molecule has 0 atom stereocenters. The van der Waals surface area contributed by atoms with Crippen molar-refractivity contribution in [2.75, 3.05) is 11.9 Å². The van der Waals surface area contributed by atoms with E-state index in [1.54, 1.807) is 18.2 Å². The summed E-state index contributed by atoms with van der Waals surface area (Å²) >= 11 is 5.19. The molecule has 0 saturated heterocycles. The van der Waals surface area contributed by atoms with E-state index in [0.717, 1.165) is 18.7 Å². The minimum Gasteiger partial charge on any atom is -0.508 e. The third kappa shape index (κ3) is 4.60. The van der Waals surface area contributed by atoms with Crippen molar-refractivity contribution in [3.8, 4) is 5.75 Å². The molecule has 0 aromatic heterocycles. The van der Waals surface area contributed by atoms with E-state index >= 15 is 0 Å². The Morgan fingerprint density at radius 2 is 1.84 bits per heavy atom. The van der Waals surface area contributed by atoms with Gasteiger partial charge in [0.1, 0.15) is 5.75 Å². The van der Waals surface area contributed by atoms with Crippen LogP contribution in [-0.2, 0) is 6.42 Å². The third-order valence-corrected chi connectivity index (χ3v) is 2.89. The van der Waals surface area contributed by atoms with Crippen LogP contribution >= 0.6 is 12.2 Å². The Balaban J connectivity index is 1.76. The van der Waals surface area contributed by atoms with Gasteiger partial charge in [0.2, 0.25) is 0 Å². The van der Waals surface area contributed by atoms with Gasteiger partial charge in [-0.15, -0.1) is 0 Å². The van der Waals surface area contributed by atoms with Gasteiger partial charge in [0.25, 0.3) is 0 Å². The van der Waals surface area contributed by atoms with E-state index in [4.69, 9.17) is 12.2 Å². The highest BCUT2D eigenvalue weighted by molar-refractivity contribution is 7.80. The molecule has 2 aromatic rings. The first-order valence-corrected chi connectivity index (χ1v) is 6.53. The van der Waals surface area contributed by atoms with Crippen LogP contribution in [0.4, 0.5) is 5.69 Å². The van der Waals surface area contributed by atoms with E-state index in [9.17, 15) is 5.11 Å². The molecule has 0 radical (unpaired) electrons. The van der Waals surface area contributed by atoms with E-state index in [1.165, 1.54) is 5.56 Å². The van der Waals surface area contributed by atoms with Gasteiger partial charge in [0.15, 0.2) is 5.11 Å². The molecule has 0 aliphatic carbocycles. The monoisotopic (exact) mass is 272 g/mol. The number of aromatic hydroxyl groups is 1. The van der Waals surface area contributed by atoms with Gasteiger partial charge in [0.05, 0.1) is 0 Å². The molecular formula is C15H16N2OS. The average molecular weight is 272 g/mol. The summed E-state index contributed by atoms with van der Waals surface area (Å²) in [4.78, 5) is 0. The van der Waals surface area contributed by atoms with E-state index in [0.29, 0.717) is 5.11 Å². The van der Waals surface area contributed by atoms with Crippen molar-refractivity contribution in [3.05, 3.63) is 60.2 Å². The van der Waals surface area contributed by atoms with Crippen LogP contribution in [0.25, 0.3) is 0 Å². The summed E-state index contributed by atoms with van der Waals surface area (Å²) in [5.74, 6) is 0.220.